The molecule has 2 rings (SSSR count). The number of hydrogen-bond donors (Lipinski definition) is 1. The van der Waals surface area contributed by atoms with Crippen LogP contribution in [0.1, 0.15) is 37.5 Å². The summed E-state index contributed by atoms with van der Waals surface area (Å²) in [5, 5.41) is 3.38. The molecule has 2 heteroatoms. The molecule has 106 valence electrons. The van der Waals surface area contributed by atoms with E-state index < -0.39 is 0 Å². The van der Waals surface area contributed by atoms with E-state index in [1.165, 1.54) is 11.6 Å². The molecule has 0 aliphatic carbocycles. The van der Waals surface area contributed by atoms with Crippen molar-refractivity contribution in [2.45, 2.75) is 39.7 Å². The smallest absolute Gasteiger partial charge is 0.123 e. The minimum absolute atomic E-state index is 0.173. The van der Waals surface area contributed by atoms with Gasteiger partial charge in [0, 0.05) is 12.2 Å². The Labute approximate surface area is 120 Å². The van der Waals surface area contributed by atoms with Crippen LogP contribution in [0.15, 0.2) is 42.5 Å². The Balaban J connectivity index is 2.04. The third kappa shape index (κ3) is 3.60. The highest BCUT2D eigenvalue weighted by Crippen LogP contribution is 2.23. The first-order chi connectivity index (χ1) is 9.36. The molecule has 0 bridgehead atoms. The largest absolute Gasteiger partial charge is 0.381 e. The summed E-state index contributed by atoms with van der Waals surface area (Å²) in [4.78, 5) is 0. The van der Waals surface area contributed by atoms with Gasteiger partial charge in [0.15, 0.2) is 0 Å². The van der Waals surface area contributed by atoms with Crippen LogP contribution in [0.2, 0.25) is 0 Å². The van der Waals surface area contributed by atoms with Gasteiger partial charge in [0.05, 0.1) is 0 Å². The van der Waals surface area contributed by atoms with Gasteiger partial charge in [0.25, 0.3) is 0 Å². The summed E-state index contributed by atoms with van der Waals surface area (Å²) in [6.45, 7) is 9.26. The normalized spacial score (nSPS) is 11.4. The summed E-state index contributed by atoms with van der Waals surface area (Å²) in [7, 11) is 0. The van der Waals surface area contributed by atoms with Gasteiger partial charge in [0.2, 0.25) is 0 Å². The van der Waals surface area contributed by atoms with Crippen molar-refractivity contribution < 1.29 is 4.39 Å². The number of nitrogens with one attached hydrogen (secondary N) is 1. The number of anilines is 1. The molecule has 0 aromatic heterocycles. The summed E-state index contributed by atoms with van der Waals surface area (Å²) in [5.41, 5.74) is 4.67. The van der Waals surface area contributed by atoms with Gasteiger partial charge in [-0.3, -0.25) is 0 Å². The molecule has 0 aliphatic rings. The zero-order valence-corrected chi connectivity index (χ0v) is 12.6. The Morgan fingerprint density at radius 3 is 2.20 bits per heavy atom. The Morgan fingerprint density at radius 1 is 1.00 bits per heavy atom. The molecular weight excluding hydrogens is 249 g/mol. The van der Waals surface area contributed by atoms with E-state index in [0.29, 0.717) is 6.54 Å². The average molecular weight is 271 g/mol. The molecule has 0 atom stereocenters. The lowest BCUT2D eigenvalue weighted by Crippen LogP contribution is -2.10. The molecule has 0 radical (unpaired) electrons. The van der Waals surface area contributed by atoms with E-state index in [0.717, 1.165) is 16.8 Å². The predicted molar refractivity (Wildman–Crippen MR) is 83.6 cm³/mol. The first-order valence-corrected chi connectivity index (χ1v) is 6.96. The van der Waals surface area contributed by atoms with Crippen LogP contribution >= 0.6 is 0 Å². The summed E-state index contributed by atoms with van der Waals surface area (Å²) in [6, 6.07) is 13.4. The molecule has 0 fully saturated rings. The monoisotopic (exact) mass is 271 g/mol. The van der Waals surface area contributed by atoms with E-state index in [4.69, 9.17) is 0 Å². The summed E-state index contributed by atoms with van der Waals surface area (Å²) < 4.78 is 13.0. The molecule has 2 aromatic rings. The molecule has 0 saturated heterocycles. The predicted octanol–water partition coefficient (Wildman–Crippen LogP) is 5.04. The molecule has 0 heterocycles. The van der Waals surface area contributed by atoms with Crippen LogP contribution in [0.5, 0.6) is 0 Å². The maximum atomic E-state index is 13.0. The van der Waals surface area contributed by atoms with Crippen LogP contribution in [-0.4, -0.2) is 0 Å². The fourth-order valence-electron chi connectivity index (χ4n) is 2.14. The van der Waals surface area contributed by atoms with Crippen molar-refractivity contribution in [2.24, 2.45) is 0 Å². The van der Waals surface area contributed by atoms with Crippen LogP contribution in [0.3, 0.4) is 0 Å². The van der Waals surface area contributed by atoms with Crippen LogP contribution < -0.4 is 5.32 Å². The zero-order valence-electron chi connectivity index (χ0n) is 12.6. The standard InChI is InChI=1S/C18H22FN/c1-13-11-16(19)8-5-14(13)12-20-17-9-6-15(7-10-17)18(2,3)4/h5-11,20H,12H2,1-4H3. The van der Waals surface area contributed by atoms with Crippen molar-refractivity contribution in [1.82, 2.24) is 0 Å². The van der Waals surface area contributed by atoms with Gasteiger partial charge in [-0.05, 0) is 53.3 Å². The molecule has 0 spiro atoms. The van der Waals surface area contributed by atoms with E-state index in [2.05, 4.69) is 50.4 Å². The van der Waals surface area contributed by atoms with Gasteiger partial charge in [-0.2, -0.15) is 0 Å². The Bertz CT molecular complexity index is 579. The molecule has 1 N–H and O–H groups in total. The third-order valence-corrected chi connectivity index (χ3v) is 3.54. The van der Waals surface area contributed by atoms with E-state index in [1.54, 1.807) is 6.07 Å². The first kappa shape index (κ1) is 14.6. The fourth-order valence-corrected chi connectivity index (χ4v) is 2.14. The first-order valence-electron chi connectivity index (χ1n) is 6.96. The Hall–Kier alpha value is -1.83. The minimum Gasteiger partial charge on any atom is -0.381 e. The van der Waals surface area contributed by atoms with Crippen molar-refractivity contribution in [3.63, 3.8) is 0 Å². The zero-order chi connectivity index (χ0) is 14.8. The van der Waals surface area contributed by atoms with Gasteiger partial charge in [-0.25, -0.2) is 4.39 Å². The number of hydrogen-bond acceptors (Lipinski definition) is 1. The molecule has 0 saturated carbocycles. The van der Waals surface area contributed by atoms with Crippen LogP contribution in [0.25, 0.3) is 0 Å². The maximum absolute atomic E-state index is 13.0. The highest BCUT2D eigenvalue weighted by molar-refractivity contribution is 5.46. The number of benzene rings is 2. The number of halogens is 1. The van der Waals surface area contributed by atoms with Gasteiger partial charge in [-0.1, -0.05) is 39.0 Å². The Kier molecular flexibility index (Phi) is 4.12. The van der Waals surface area contributed by atoms with Crippen molar-refractivity contribution in [1.29, 1.82) is 0 Å². The van der Waals surface area contributed by atoms with Crippen molar-refractivity contribution in [3.8, 4) is 0 Å². The molecule has 0 amide bonds. The van der Waals surface area contributed by atoms with Gasteiger partial charge in [0.1, 0.15) is 5.82 Å². The quantitative estimate of drug-likeness (QED) is 0.824. The van der Waals surface area contributed by atoms with E-state index in [1.807, 2.05) is 13.0 Å². The van der Waals surface area contributed by atoms with E-state index in [-0.39, 0.29) is 11.2 Å². The van der Waals surface area contributed by atoms with Gasteiger partial charge < -0.3 is 5.32 Å². The average Bonchev–Trinajstić information content (AvgIpc) is 2.37. The lowest BCUT2D eigenvalue weighted by Gasteiger charge is -2.19. The lowest BCUT2D eigenvalue weighted by molar-refractivity contribution is 0.590. The Morgan fingerprint density at radius 2 is 1.65 bits per heavy atom. The second-order valence-electron chi connectivity index (χ2n) is 6.25. The van der Waals surface area contributed by atoms with Crippen LogP contribution in [0.4, 0.5) is 10.1 Å². The minimum atomic E-state index is -0.180. The molecular formula is C18H22FN. The summed E-state index contributed by atoms with van der Waals surface area (Å²) in [5.74, 6) is -0.180. The lowest BCUT2D eigenvalue weighted by atomic mass is 9.87. The van der Waals surface area contributed by atoms with E-state index in [9.17, 15) is 4.39 Å². The number of rotatable bonds is 3. The highest BCUT2D eigenvalue weighted by Gasteiger charge is 2.12. The number of aryl methyl sites for hydroxylation is 1. The third-order valence-electron chi connectivity index (χ3n) is 3.54. The van der Waals surface area contributed by atoms with Crippen molar-refractivity contribution in [3.05, 3.63) is 65.0 Å². The molecule has 0 aliphatic heterocycles. The summed E-state index contributed by atoms with van der Waals surface area (Å²) >= 11 is 0. The van der Waals surface area contributed by atoms with E-state index >= 15 is 0 Å². The summed E-state index contributed by atoms with van der Waals surface area (Å²) in [6.07, 6.45) is 0. The second-order valence-corrected chi connectivity index (χ2v) is 6.25. The van der Waals surface area contributed by atoms with Crippen LogP contribution in [-0.2, 0) is 12.0 Å². The van der Waals surface area contributed by atoms with Gasteiger partial charge in [-0.15, -0.1) is 0 Å². The van der Waals surface area contributed by atoms with Crippen LogP contribution in [0, 0.1) is 12.7 Å². The molecule has 0 unspecified atom stereocenters. The fraction of sp³-hybridized carbons (Fsp3) is 0.333. The molecule has 1 nitrogen and oxygen atoms in total. The van der Waals surface area contributed by atoms with Gasteiger partial charge >= 0.3 is 0 Å². The van der Waals surface area contributed by atoms with Crippen molar-refractivity contribution >= 4 is 5.69 Å². The second kappa shape index (κ2) is 5.66. The topological polar surface area (TPSA) is 12.0 Å². The maximum Gasteiger partial charge on any atom is 0.123 e. The SMILES string of the molecule is Cc1cc(F)ccc1CNc1ccc(C(C)(C)C)cc1. The molecule has 2 aromatic carbocycles. The molecule has 20 heavy (non-hydrogen) atoms. The van der Waals surface area contributed by atoms with Crippen molar-refractivity contribution in [2.75, 3.05) is 5.32 Å². The highest BCUT2D eigenvalue weighted by atomic mass is 19.1.